The maximum atomic E-state index is 13.9. The zero-order valence-corrected chi connectivity index (χ0v) is 14.4. The molecular weight excluding hydrogens is 335 g/mol. The molecule has 1 N–H and O–H groups in total. The molecule has 0 saturated carbocycles. The van der Waals surface area contributed by atoms with E-state index in [0.717, 1.165) is 19.4 Å². The Morgan fingerprint density at radius 3 is 2.75 bits per heavy atom. The highest BCUT2D eigenvalue weighted by Crippen LogP contribution is 2.23. The van der Waals surface area contributed by atoms with Gasteiger partial charge in [-0.15, -0.1) is 0 Å². The van der Waals surface area contributed by atoms with Crippen LogP contribution in [-0.2, 0) is 16.1 Å². The maximum Gasteiger partial charge on any atom is 0.323 e. The molecule has 132 valence electrons. The number of carboxylic acids is 1. The number of aliphatic carboxylic acids is 1. The summed E-state index contributed by atoms with van der Waals surface area (Å²) >= 11 is 6.08. The van der Waals surface area contributed by atoms with Crippen LogP contribution in [0.5, 0.6) is 0 Å². The Bertz CT molecular complexity index is 591. The molecule has 0 aromatic heterocycles. The van der Waals surface area contributed by atoms with E-state index in [4.69, 9.17) is 16.7 Å². The molecule has 0 radical (unpaired) electrons. The van der Waals surface area contributed by atoms with Crippen molar-refractivity contribution < 1.29 is 19.1 Å². The molecule has 1 saturated heterocycles. The predicted octanol–water partition coefficient (Wildman–Crippen LogP) is 2.77. The zero-order valence-electron chi connectivity index (χ0n) is 13.7. The second-order valence-corrected chi connectivity index (χ2v) is 6.51. The highest BCUT2D eigenvalue weighted by Gasteiger charge is 2.26. The second-order valence-electron chi connectivity index (χ2n) is 6.10. The lowest BCUT2D eigenvalue weighted by Crippen LogP contribution is -2.42. The highest BCUT2D eigenvalue weighted by molar-refractivity contribution is 6.31. The monoisotopic (exact) mass is 356 g/mol. The summed E-state index contributed by atoms with van der Waals surface area (Å²) < 4.78 is 13.9. The first-order chi connectivity index (χ1) is 11.4. The van der Waals surface area contributed by atoms with Crippen molar-refractivity contribution in [1.29, 1.82) is 0 Å². The molecule has 1 aliphatic rings. The van der Waals surface area contributed by atoms with Crippen molar-refractivity contribution in [3.05, 3.63) is 34.6 Å². The molecule has 0 bridgehead atoms. The summed E-state index contributed by atoms with van der Waals surface area (Å²) in [5.41, 5.74) is 0.478. The summed E-state index contributed by atoms with van der Waals surface area (Å²) in [5, 5.41) is 9.39. The van der Waals surface area contributed by atoms with Crippen molar-refractivity contribution in [3.63, 3.8) is 0 Å². The summed E-state index contributed by atoms with van der Waals surface area (Å²) in [5.74, 6) is -1.56. The number of amides is 1. The molecule has 24 heavy (non-hydrogen) atoms. The minimum atomic E-state index is -1.01. The third kappa shape index (κ3) is 4.92. The van der Waals surface area contributed by atoms with Gasteiger partial charge in [0.15, 0.2) is 0 Å². The Morgan fingerprint density at radius 1 is 1.38 bits per heavy atom. The molecule has 0 spiro atoms. The van der Waals surface area contributed by atoms with Crippen molar-refractivity contribution in [2.75, 3.05) is 19.6 Å². The number of carbonyl (C=O) groups excluding carboxylic acids is 1. The number of rotatable bonds is 5. The van der Waals surface area contributed by atoms with Crippen molar-refractivity contribution in [2.24, 2.45) is 0 Å². The van der Waals surface area contributed by atoms with E-state index in [1.54, 1.807) is 12.1 Å². The minimum Gasteiger partial charge on any atom is -0.480 e. The first-order valence-corrected chi connectivity index (χ1v) is 8.40. The second kappa shape index (κ2) is 8.44. The van der Waals surface area contributed by atoms with Gasteiger partial charge in [-0.1, -0.05) is 17.7 Å². The first-order valence-electron chi connectivity index (χ1n) is 8.02. The number of nitrogens with zero attached hydrogens (tertiary/aromatic N) is 2. The average molecular weight is 357 g/mol. The van der Waals surface area contributed by atoms with Gasteiger partial charge in [-0.2, -0.15) is 0 Å². The summed E-state index contributed by atoms with van der Waals surface area (Å²) in [6.07, 6.45) is 2.23. The fourth-order valence-electron chi connectivity index (χ4n) is 3.16. The van der Waals surface area contributed by atoms with Gasteiger partial charge in [0.25, 0.3) is 0 Å². The number of halogens is 2. The molecule has 1 aromatic carbocycles. The van der Waals surface area contributed by atoms with Crippen LogP contribution >= 0.6 is 11.6 Å². The van der Waals surface area contributed by atoms with Gasteiger partial charge < -0.3 is 10.0 Å². The standard InChI is InChI=1S/C17H22ClFN2O3/c1-12(22)21(11-17(23)24)13-4-3-8-20(9-7-13)10-14-15(18)5-2-6-16(14)19/h2,5-6,13H,3-4,7-11H2,1H3,(H,23,24). The lowest BCUT2D eigenvalue weighted by Gasteiger charge is -2.29. The van der Waals surface area contributed by atoms with E-state index in [2.05, 4.69) is 4.90 Å². The predicted molar refractivity (Wildman–Crippen MR) is 89.3 cm³/mol. The van der Waals surface area contributed by atoms with Crippen molar-refractivity contribution in [2.45, 2.75) is 38.8 Å². The van der Waals surface area contributed by atoms with Gasteiger partial charge >= 0.3 is 5.97 Å². The van der Waals surface area contributed by atoms with Crippen molar-refractivity contribution in [1.82, 2.24) is 9.80 Å². The molecule has 5 nitrogen and oxygen atoms in total. The van der Waals surface area contributed by atoms with Crippen LogP contribution in [0.25, 0.3) is 0 Å². The Labute approximate surface area is 146 Å². The van der Waals surface area contributed by atoms with Gasteiger partial charge in [0.2, 0.25) is 5.91 Å². The van der Waals surface area contributed by atoms with Crippen molar-refractivity contribution in [3.8, 4) is 0 Å². The van der Waals surface area contributed by atoms with Crippen LogP contribution in [0, 0.1) is 5.82 Å². The van der Waals surface area contributed by atoms with Crippen LogP contribution in [0.2, 0.25) is 5.02 Å². The van der Waals surface area contributed by atoms with Crippen LogP contribution in [0.4, 0.5) is 4.39 Å². The quantitative estimate of drug-likeness (QED) is 0.881. The Balaban J connectivity index is 2.02. The number of carbonyl (C=O) groups is 2. The number of hydrogen-bond acceptors (Lipinski definition) is 3. The van der Waals surface area contributed by atoms with Gasteiger partial charge in [-0.05, 0) is 37.9 Å². The van der Waals surface area contributed by atoms with E-state index in [0.29, 0.717) is 30.1 Å². The third-order valence-electron chi connectivity index (χ3n) is 4.38. The van der Waals surface area contributed by atoms with E-state index >= 15 is 0 Å². The van der Waals surface area contributed by atoms with Crippen LogP contribution in [0.15, 0.2) is 18.2 Å². The van der Waals surface area contributed by atoms with Crippen LogP contribution in [-0.4, -0.2) is 52.5 Å². The Kier molecular flexibility index (Phi) is 6.57. The molecule has 7 heteroatoms. The number of likely N-dealkylation sites (tertiary alicyclic amines) is 1. The van der Waals surface area contributed by atoms with Gasteiger partial charge in [0.1, 0.15) is 12.4 Å². The molecule has 1 aromatic rings. The molecule has 1 heterocycles. The van der Waals surface area contributed by atoms with E-state index in [1.807, 2.05) is 0 Å². The van der Waals surface area contributed by atoms with Crippen LogP contribution < -0.4 is 0 Å². The molecule has 2 rings (SSSR count). The van der Waals surface area contributed by atoms with Gasteiger partial charge in [-0.3, -0.25) is 14.5 Å². The van der Waals surface area contributed by atoms with Crippen LogP contribution in [0.3, 0.4) is 0 Å². The van der Waals surface area contributed by atoms with Gasteiger partial charge in [0.05, 0.1) is 0 Å². The molecule has 0 aliphatic carbocycles. The molecule has 1 amide bonds. The van der Waals surface area contributed by atoms with E-state index in [-0.39, 0.29) is 24.3 Å². The Morgan fingerprint density at radius 2 is 2.12 bits per heavy atom. The number of benzene rings is 1. The zero-order chi connectivity index (χ0) is 17.7. The molecule has 1 aliphatic heterocycles. The minimum absolute atomic E-state index is 0.0975. The summed E-state index contributed by atoms with van der Waals surface area (Å²) in [6.45, 7) is 2.96. The third-order valence-corrected chi connectivity index (χ3v) is 4.74. The van der Waals surface area contributed by atoms with Gasteiger partial charge in [-0.25, -0.2) is 4.39 Å². The normalized spacial score (nSPS) is 18.9. The van der Waals surface area contributed by atoms with Crippen molar-refractivity contribution >= 4 is 23.5 Å². The summed E-state index contributed by atoms with van der Waals surface area (Å²) in [7, 11) is 0. The number of hydrogen-bond donors (Lipinski definition) is 1. The van der Waals surface area contributed by atoms with E-state index < -0.39 is 5.97 Å². The fourth-order valence-corrected chi connectivity index (χ4v) is 3.38. The summed E-state index contributed by atoms with van der Waals surface area (Å²) in [4.78, 5) is 26.2. The largest absolute Gasteiger partial charge is 0.480 e. The average Bonchev–Trinajstić information content (AvgIpc) is 2.74. The topological polar surface area (TPSA) is 60.9 Å². The lowest BCUT2D eigenvalue weighted by atomic mass is 10.1. The smallest absolute Gasteiger partial charge is 0.323 e. The molecule has 1 unspecified atom stereocenters. The van der Waals surface area contributed by atoms with Gasteiger partial charge in [0, 0.05) is 36.6 Å². The summed E-state index contributed by atoms with van der Waals surface area (Å²) in [6, 6.07) is 4.55. The lowest BCUT2D eigenvalue weighted by molar-refractivity contribution is -0.145. The highest BCUT2D eigenvalue weighted by atomic mass is 35.5. The number of carboxylic acid groups (broad SMARTS) is 1. The van der Waals surface area contributed by atoms with Crippen LogP contribution in [0.1, 0.15) is 31.7 Å². The first kappa shape index (κ1) is 18.7. The van der Waals surface area contributed by atoms with E-state index in [1.165, 1.54) is 17.9 Å². The SMILES string of the molecule is CC(=O)N(CC(=O)O)C1CCCN(Cc2c(F)cccc2Cl)CC1. The molecule has 1 atom stereocenters. The maximum absolute atomic E-state index is 13.9. The molecule has 1 fully saturated rings. The Hall–Kier alpha value is -1.66. The fraction of sp³-hybridized carbons (Fsp3) is 0.529. The molecular formula is C17H22ClFN2O3. The van der Waals surface area contributed by atoms with E-state index in [9.17, 15) is 14.0 Å².